The molecule has 4 atom stereocenters. The number of aromatic nitrogens is 2. The Morgan fingerprint density at radius 3 is 2.69 bits per heavy atom. The summed E-state index contributed by atoms with van der Waals surface area (Å²) >= 11 is 0. The number of nitrogens with one attached hydrogen (secondary N) is 1. The Labute approximate surface area is 229 Å². The van der Waals surface area contributed by atoms with Crippen molar-refractivity contribution in [3.8, 4) is 11.1 Å². The standard InChI is InChI=1S/C29H40FN5O4/c1-29(2,3)39-28(37)35-23-7-6-21(12-23)26(35)27(36)33-25(31)14-20-5-4-19(13-24(20)30)22-15-32-34(17-22)16-18-8-10-38-11-9-18/h4-5,13,15,17-18,21,23,25-26H,6-12,14,16,31H2,1-3H3,(H,33,36)/t21-,23+,25-,26-/m0/s1. The van der Waals surface area contributed by atoms with Crippen molar-refractivity contribution >= 4 is 12.0 Å². The smallest absolute Gasteiger partial charge is 0.411 e. The van der Waals surface area contributed by atoms with Crippen LogP contribution in [0, 0.1) is 17.7 Å². The molecule has 2 aromatic rings. The maximum atomic E-state index is 15.1. The van der Waals surface area contributed by atoms with Crippen molar-refractivity contribution < 1.29 is 23.5 Å². The Morgan fingerprint density at radius 1 is 1.21 bits per heavy atom. The first kappa shape index (κ1) is 27.6. The Bertz CT molecular complexity index is 1190. The molecule has 3 N–H and O–H groups in total. The summed E-state index contributed by atoms with van der Waals surface area (Å²) in [6.45, 7) is 7.83. The zero-order valence-corrected chi connectivity index (χ0v) is 23.1. The monoisotopic (exact) mass is 541 g/mol. The van der Waals surface area contributed by atoms with Gasteiger partial charge in [-0.1, -0.05) is 12.1 Å². The van der Waals surface area contributed by atoms with Crippen LogP contribution in [0.1, 0.15) is 58.4 Å². The minimum atomic E-state index is -0.792. The highest BCUT2D eigenvalue weighted by Crippen LogP contribution is 2.43. The molecule has 2 saturated heterocycles. The fourth-order valence-corrected chi connectivity index (χ4v) is 6.16. The van der Waals surface area contributed by atoms with Crippen LogP contribution in [0.3, 0.4) is 0 Å². The first-order valence-electron chi connectivity index (χ1n) is 14.0. The van der Waals surface area contributed by atoms with Gasteiger partial charge in [-0.25, -0.2) is 9.18 Å². The number of likely N-dealkylation sites (tertiary alicyclic amines) is 1. The van der Waals surface area contributed by atoms with E-state index in [1.807, 2.05) is 37.7 Å². The Morgan fingerprint density at radius 2 is 1.97 bits per heavy atom. The molecule has 5 rings (SSSR count). The fraction of sp³-hybridized carbons (Fsp3) is 0.621. The fourth-order valence-electron chi connectivity index (χ4n) is 6.16. The van der Waals surface area contributed by atoms with Gasteiger partial charge in [0.05, 0.1) is 12.4 Å². The van der Waals surface area contributed by atoms with E-state index in [0.717, 1.165) is 63.0 Å². The van der Waals surface area contributed by atoms with Crippen molar-refractivity contribution in [2.75, 3.05) is 13.2 Å². The minimum absolute atomic E-state index is 0.00264. The van der Waals surface area contributed by atoms with E-state index in [1.54, 1.807) is 17.2 Å². The van der Waals surface area contributed by atoms with E-state index in [1.165, 1.54) is 6.07 Å². The summed E-state index contributed by atoms with van der Waals surface area (Å²) in [6, 6.07) is 4.43. The van der Waals surface area contributed by atoms with Crippen LogP contribution < -0.4 is 11.1 Å². The molecule has 3 heterocycles. The first-order chi connectivity index (χ1) is 18.6. The second-order valence-corrected chi connectivity index (χ2v) is 12.2. The largest absolute Gasteiger partial charge is 0.444 e. The second kappa shape index (κ2) is 11.3. The van der Waals surface area contributed by atoms with Gasteiger partial charge in [0.15, 0.2) is 0 Å². The number of halogens is 1. The van der Waals surface area contributed by atoms with E-state index in [0.29, 0.717) is 11.5 Å². The number of ether oxygens (including phenoxy) is 2. The number of carbonyl (C=O) groups excluding carboxylic acids is 2. The van der Waals surface area contributed by atoms with Crippen molar-refractivity contribution in [1.29, 1.82) is 0 Å². The highest BCUT2D eigenvalue weighted by Gasteiger charge is 2.52. The van der Waals surface area contributed by atoms with Crippen molar-refractivity contribution in [1.82, 2.24) is 20.0 Å². The molecule has 0 spiro atoms. The third kappa shape index (κ3) is 6.44. The maximum Gasteiger partial charge on any atom is 0.411 e. The highest BCUT2D eigenvalue weighted by atomic mass is 19.1. The minimum Gasteiger partial charge on any atom is -0.444 e. The zero-order chi connectivity index (χ0) is 27.7. The second-order valence-electron chi connectivity index (χ2n) is 12.2. The molecule has 2 amide bonds. The zero-order valence-electron chi connectivity index (χ0n) is 23.1. The van der Waals surface area contributed by atoms with Gasteiger partial charge in [-0.15, -0.1) is 0 Å². The normalized spacial score (nSPS) is 24.1. The van der Waals surface area contributed by atoms with Crippen molar-refractivity contribution in [3.63, 3.8) is 0 Å². The van der Waals surface area contributed by atoms with Crippen LogP contribution in [0.15, 0.2) is 30.6 Å². The number of nitrogens with zero attached hydrogens (tertiary/aromatic N) is 3. The molecule has 1 aliphatic carbocycles. The van der Waals surface area contributed by atoms with E-state index in [9.17, 15) is 9.59 Å². The lowest BCUT2D eigenvalue weighted by Gasteiger charge is -2.36. The van der Waals surface area contributed by atoms with Crippen LogP contribution in [0.4, 0.5) is 9.18 Å². The number of carbonyl (C=O) groups is 2. The van der Waals surface area contributed by atoms with Crippen LogP contribution in [0.25, 0.3) is 11.1 Å². The molecule has 2 aliphatic heterocycles. The van der Waals surface area contributed by atoms with Crippen LogP contribution in [0.5, 0.6) is 0 Å². The first-order valence-corrected chi connectivity index (χ1v) is 14.0. The summed E-state index contributed by atoms with van der Waals surface area (Å²) in [5, 5.41) is 7.28. The summed E-state index contributed by atoms with van der Waals surface area (Å²) in [5.41, 5.74) is 7.60. The summed E-state index contributed by atoms with van der Waals surface area (Å²) < 4.78 is 28.0. The molecule has 1 aromatic heterocycles. The van der Waals surface area contributed by atoms with Crippen molar-refractivity contribution in [2.45, 2.75) is 89.7 Å². The molecule has 2 bridgehead atoms. The van der Waals surface area contributed by atoms with Crippen LogP contribution in [-0.2, 0) is 27.2 Å². The van der Waals surface area contributed by atoms with Crippen LogP contribution >= 0.6 is 0 Å². The maximum absolute atomic E-state index is 15.1. The molecule has 0 radical (unpaired) electrons. The predicted molar refractivity (Wildman–Crippen MR) is 144 cm³/mol. The average molecular weight is 542 g/mol. The number of nitrogens with two attached hydrogens (primary N) is 1. The van der Waals surface area contributed by atoms with Gasteiger partial charge >= 0.3 is 6.09 Å². The Balaban J connectivity index is 1.19. The Hall–Kier alpha value is -2.98. The predicted octanol–water partition coefficient (Wildman–Crippen LogP) is 3.85. The average Bonchev–Trinajstić information content (AvgIpc) is 3.61. The van der Waals surface area contributed by atoms with Gasteiger partial charge in [-0.3, -0.25) is 14.4 Å². The van der Waals surface area contributed by atoms with Gasteiger partial charge in [0, 0.05) is 44.0 Å². The van der Waals surface area contributed by atoms with E-state index < -0.39 is 23.9 Å². The number of rotatable bonds is 7. The molecule has 0 unspecified atom stereocenters. The summed E-state index contributed by atoms with van der Waals surface area (Å²) in [5.74, 6) is -0.0738. The summed E-state index contributed by atoms with van der Waals surface area (Å²) in [7, 11) is 0. The molecule has 9 nitrogen and oxygen atoms in total. The van der Waals surface area contributed by atoms with Gasteiger partial charge in [0.2, 0.25) is 5.91 Å². The highest BCUT2D eigenvalue weighted by molar-refractivity contribution is 5.87. The van der Waals surface area contributed by atoms with Gasteiger partial charge in [-0.05, 0) is 81.9 Å². The summed E-state index contributed by atoms with van der Waals surface area (Å²) in [4.78, 5) is 27.7. The molecular formula is C29H40FN5O4. The quantitative estimate of drug-likeness (QED) is 0.515. The SMILES string of the molecule is CC(C)(C)OC(=O)N1[C@@H]2CC[C@@H](C2)[C@H]1C(=O)N[C@H](N)Cc1ccc(-c2cnn(CC3CCOCC3)c2)cc1F. The van der Waals surface area contributed by atoms with E-state index in [4.69, 9.17) is 15.2 Å². The third-order valence-corrected chi connectivity index (χ3v) is 8.03. The van der Waals surface area contributed by atoms with Gasteiger partial charge < -0.3 is 20.5 Å². The van der Waals surface area contributed by atoms with Crippen molar-refractivity contribution in [3.05, 3.63) is 42.0 Å². The van der Waals surface area contributed by atoms with E-state index >= 15 is 4.39 Å². The third-order valence-electron chi connectivity index (χ3n) is 8.03. The van der Waals surface area contributed by atoms with Gasteiger partial charge in [0.25, 0.3) is 0 Å². The molecule has 3 fully saturated rings. The van der Waals surface area contributed by atoms with E-state index in [2.05, 4.69) is 10.4 Å². The van der Waals surface area contributed by atoms with Crippen LogP contribution in [-0.4, -0.2) is 63.7 Å². The molecule has 1 aromatic carbocycles. The van der Waals surface area contributed by atoms with Gasteiger partial charge in [-0.2, -0.15) is 5.10 Å². The van der Waals surface area contributed by atoms with Crippen molar-refractivity contribution in [2.24, 2.45) is 17.6 Å². The number of hydrogen-bond donors (Lipinski definition) is 2. The number of amides is 2. The number of hydrogen-bond acceptors (Lipinski definition) is 6. The molecule has 39 heavy (non-hydrogen) atoms. The number of piperidine rings is 1. The lowest BCUT2D eigenvalue weighted by molar-refractivity contribution is -0.128. The lowest BCUT2D eigenvalue weighted by atomic mass is 9.97. The number of benzene rings is 1. The molecule has 10 heteroatoms. The molecule has 3 aliphatic rings. The van der Waals surface area contributed by atoms with E-state index in [-0.39, 0.29) is 30.1 Å². The van der Waals surface area contributed by atoms with Crippen LogP contribution in [0.2, 0.25) is 0 Å². The number of fused-ring (bicyclic) bond motifs is 2. The molecule has 212 valence electrons. The summed E-state index contributed by atoms with van der Waals surface area (Å²) in [6.07, 6.45) is 7.16. The van der Waals surface area contributed by atoms with Gasteiger partial charge in [0.1, 0.15) is 17.5 Å². The molecule has 1 saturated carbocycles. The molecular weight excluding hydrogens is 501 g/mol. The lowest BCUT2D eigenvalue weighted by Crippen LogP contribution is -2.57. The topological polar surface area (TPSA) is 112 Å². The Kier molecular flexibility index (Phi) is 7.96.